The van der Waals surface area contributed by atoms with E-state index in [0.29, 0.717) is 12.1 Å². The summed E-state index contributed by atoms with van der Waals surface area (Å²) in [6.45, 7) is 1.83. The topological polar surface area (TPSA) is 42.9 Å². The molecule has 0 fully saturated rings. The Hall–Kier alpha value is -2.03. The lowest BCUT2D eigenvalue weighted by atomic mass is 10.2. The minimum absolute atomic E-state index is 0.0535. The van der Waals surface area contributed by atoms with Crippen LogP contribution in [-0.4, -0.2) is 15.8 Å². The fourth-order valence-electron chi connectivity index (χ4n) is 1.43. The van der Waals surface area contributed by atoms with Gasteiger partial charge in [-0.3, -0.25) is 9.78 Å². The summed E-state index contributed by atoms with van der Waals surface area (Å²) < 4.78 is 0. The van der Waals surface area contributed by atoms with Crippen molar-refractivity contribution in [1.29, 1.82) is 0 Å². The van der Waals surface area contributed by atoms with E-state index in [1.54, 1.807) is 12.3 Å². The third-order valence-corrected chi connectivity index (χ3v) is 2.28. The van der Waals surface area contributed by atoms with Crippen molar-refractivity contribution in [3.8, 4) is 11.4 Å². The van der Waals surface area contributed by atoms with Crippen LogP contribution in [0.2, 0.25) is 0 Å². The predicted octanol–water partition coefficient (Wildman–Crippen LogP) is 2.74. The third kappa shape index (κ3) is 2.14. The number of carbonyl (C=O) groups is 1. The minimum Gasteiger partial charge on any atom is -0.292 e. The molecule has 0 unspecified atom stereocenters. The second-order valence-electron chi connectivity index (χ2n) is 3.40. The van der Waals surface area contributed by atoms with Crippen LogP contribution in [0.25, 0.3) is 11.4 Å². The number of ketones is 1. The van der Waals surface area contributed by atoms with Gasteiger partial charge in [-0.05, 0) is 24.3 Å². The molecular weight excluding hydrogens is 200 g/mol. The molecule has 0 N–H and O–H groups in total. The highest BCUT2D eigenvalue weighted by molar-refractivity contribution is 5.94. The number of pyridine rings is 2. The van der Waals surface area contributed by atoms with Crippen LogP contribution in [0, 0.1) is 0 Å². The van der Waals surface area contributed by atoms with Gasteiger partial charge in [0.25, 0.3) is 0 Å². The molecule has 2 rings (SSSR count). The van der Waals surface area contributed by atoms with E-state index in [-0.39, 0.29) is 5.78 Å². The first-order valence-corrected chi connectivity index (χ1v) is 5.23. The number of carbonyl (C=O) groups excluding carboxylic acids is 1. The first-order valence-electron chi connectivity index (χ1n) is 5.23. The maximum Gasteiger partial charge on any atom is 0.180 e. The minimum atomic E-state index is 0.0535. The number of Topliss-reactive ketones (excluding diaryl/α,β-unsaturated/α-hetero) is 1. The van der Waals surface area contributed by atoms with Crippen molar-refractivity contribution in [3.63, 3.8) is 0 Å². The van der Waals surface area contributed by atoms with E-state index < -0.39 is 0 Å². The lowest BCUT2D eigenvalue weighted by Crippen LogP contribution is -2.01. The van der Waals surface area contributed by atoms with Crippen molar-refractivity contribution in [2.24, 2.45) is 0 Å². The molecular formula is C13H12N2O. The van der Waals surface area contributed by atoms with Gasteiger partial charge in [0.05, 0.1) is 11.4 Å². The maximum absolute atomic E-state index is 11.5. The molecule has 16 heavy (non-hydrogen) atoms. The largest absolute Gasteiger partial charge is 0.292 e. The van der Waals surface area contributed by atoms with Gasteiger partial charge in [0, 0.05) is 12.6 Å². The Morgan fingerprint density at radius 2 is 1.94 bits per heavy atom. The van der Waals surface area contributed by atoms with Crippen LogP contribution in [-0.2, 0) is 0 Å². The maximum atomic E-state index is 11.5. The Bertz CT molecular complexity index is 494. The van der Waals surface area contributed by atoms with Crippen molar-refractivity contribution < 1.29 is 4.79 Å². The standard InChI is InChI=1S/C13H12N2O/c1-2-13(16)12-8-5-7-11(15-12)10-6-3-4-9-14-10/h3-9H,2H2,1H3. The Kier molecular flexibility index (Phi) is 3.05. The Labute approximate surface area is 94.2 Å². The highest BCUT2D eigenvalue weighted by atomic mass is 16.1. The van der Waals surface area contributed by atoms with Crippen LogP contribution in [0.15, 0.2) is 42.6 Å². The summed E-state index contributed by atoms with van der Waals surface area (Å²) in [4.78, 5) is 20.0. The molecule has 2 heterocycles. The lowest BCUT2D eigenvalue weighted by molar-refractivity contribution is 0.0983. The van der Waals surface area contributed by atoms with Gasteiger partial charge in [-0.1, -0.05) is 19.1 Å². The van der Waals surface area contributed by atoms with E-state index in [9.17, 15) is 4.79 Å². The van der Waals surface area contributed by atoms with Crippen molar-refractivity contribution >= 4 is 5.78 Å². The molecule has 0 spiro atoms. The van der Waals surface area contributed by atoms with Crippen LogP contribution in [0.4, 0.5) is 0 Å². The highest BCUT2D eigenvalue weighted by Crippen LogP contribution is 2.14. The van der Waals surface area contributed by atoms with Crippen molar-refractivity contribution in [2.75, 3.05) is 0 Å². The molecule has 0 saturated heterocycles. The van der Waals surface area contributed by atoms with Crippen molar-refractivity contribution in [2.45, 2.75) is 13.3 Å². The summed E-state index contributed by atoms with van der Waals surface area (Å²) in [5.74, 6) is 0.0535. The zero-order valence-corrected chi connectivity index (χ0v) is 9.05. The number of rotatable bonds is 3. The summed E-state index contributed by atoms with van der Waals surface area (Å²) in [5, 5.41) is 0. The van der Waals surface area contributed by atoms with E-state index in [1.165, 1.54) is 0 Å². The Morgan fingerprint density at radius 3 is 2.62 bits per heavy atom. The zero-order valence-electron chi connectivity index (χ0n) is 9.05. The quantitative estimate of drug-likeness (QED) is 0.735. The van der Waals surface area contributed by atoms with Crippen LogP contribution < -0.4 is 0 Å². The van der Waals surface area contributed by atoms with Crippen LogP contribution in [0.1, 0.15) is 23.8 Å². The molecule has 80 valence electrons. The second-order valence-corrected chi connectivity index (χ2v) is 3.40. The number of hydrogen-bond acceptors (Lipinski definition) is 3. The van der Waals surface area contributed by atoms with Crippen molar-refractivity contribution in [1.82, 2.24) is 9.97 Å². The fraction of sp³-hybridized carbons (Fsp3) is 0.154. The smallest absolute Gasteiger partial charge is 0.180 e. The summed E-state index contributed by atoms with van der Waals surface area (Å²) in [6.07, 6.45) is 2.18. The monoisotopic (exact) mass is 212 g/mol. The Balaban J connectivity index is 2.40. The molecule has 0 bridgehead atoms. The number of nitrogens with zero attached hydrogens (tertiary/aromatic N) is 2. The molecule has 0 aliphatic rings. The molecule has 0 aromatic carbocycles. The van der Waals surface area contributed by atoms with E-state index in [2.05, 4.69) is 9.97 Å². The summed E-state index contributed by atoms with van der Waals surface area (Å²) in [5.41, 5.74) is 2.03. The average molecular weight is 212 g/mol. The highest BCUT2D eigenvalue weighted by Gasteiger charge is 2.06. The molecule has 0 amide bonds. The van der Waals surface area contributed by atoms with Crippen LogP contribution in [0.5, 0.6) is 0 Å². The summed E-state index contributed by atoms with van der Waals surface area (Å²) >= 11 is 0. The Morgan fingerprint density at radius 1 is 1.12 bits per heavy atom. The van der Waals surface area contributed by atoms with Crippen molar-refractivity contribution in [3.05, 3.63) is 48.3 Å². The van der Waals surface area contributed by atoms with Crippen LogP contribution >= 0.6 is 0 Å². The van der Waals surface area contributed by atoms with Gasteiger partial charge in [-0.15, -0.1) is 0 Å². The van der Waals surface area contributed by atoms with E-state index in [4.69, 9.17) is 0 Å². The normalized spacial score (nSPS) is 10.1. The molecule has 2 aromatic heterocycles. The number of aromatic nitrogens is 2. The molecule has 3 nitrogen and oxygen atoms in total. The van der Waals surface area contributed by atoms with Gasteiger partial charge in [-0.25, -0.2) is 4.98 Å². The first-order chi connectivity index (χ1) is 7.81. The lowest BCUT2D eigenvalue weighted by Gasteiger charge is -2.01. The molecule has 0 saturated carbocycles. The molecule has 3 heteroatoms. The average Bonchev–Trinajstić information content (AvgIpc) is 2.39. The zero-order chi connectivity index (χ0) is 11.4. The van der Waals surface area contributed by atoms with Crippen LogP contribution in [0.3, 0.4) is 0 Å². The van der Waals surface area contributed by atoms with E-state index in [0.717, 1.165) is 11.4 Å². The van der Waals surface area contributed by atoms with Gasteiger partial charge in [0.15, 0.2) is 5.78 Å². The van der Waals surface area contributed by atoms with E-state index >= 15 is 0 Å². The van der Waals surface area contributed by atoms with Gasteiger partial charge < -0.3 is 0 Å². The SMILES string of the molecule is CCC(=O)c1cccc(-c2ccccn2)n1. The molecule has 2 aromatic rings. The third-order valence-electron chi connectivity index (χ3n) is 2.28. The van der Waals surface area contributed by atoms with E-state index in [1.807, 2.05) is 37.3 Å². The predicted molar refractivity (Wildman–Crippen MR) is 62.1 cm³/mol. The van der Waals surface area contributed by atoms with Gasteiger partial charge in [0.2, 0.25) is 0 Å². The molecule has 0 radical (unpaired) electrons. The van der Waals surface area contributed by atoms with Gasteiger partial charge in [-0.2, -0.15) is 0 Å². The number of hydrogen-bond donors (Lipinski definition) is 0. The second kappa shape index (κ2) is 4.66. The van der Waals surface area contributed by atoms with Gasteiger partial charge >= 0.3 is 0 Å². The summed E-state index contributed by atoms with van der Waals surface area (Å²) in [7, 11) is 0. The first kappa shape index (κ1) is 10.5. The molecule has 0 aliphatic carbocycles. The van der Waals surface area contributed by atoms with Gasteiger partial charge in [0.1, 0.15) is 5.69 Å². The summed E-state index contributed by atoms with van der Waals surface area (Å²) in [6, 6.07) is 11.1. The molecule has 0 atom stereocenters. The fourth-order valence-corrected chi connectivity index (χ4v) is 1.43. The molecule has 0 aliphatic heterocycles.